The van der Waals surface area contributed by atoms with Gasteiger partial charge in [0.15, 0.2) is 0 Å². The first-order chi connectivity index (χ1) is 10.4. The minimum absolute atomic E-state index is 0.0996. The van der Waals surface area contributed by atoms with Gasteiger partial charge >= 0.3 is 12.2 Å². The minimum atomic E-state index is -0.612. The maximum absolute atomic E-state index is 12.0. The number of hydrogen-bond acceptors (Lipinski definition) is 6. The van der Waals surface area contributed by atoms with E-state index in [1.54, 1.807) is 41.5 Å². The first-order valence-electron chi connectivity index (χ1n) is 7.63. The molecule has 8 heteroatoms. The molecule has 0 aromatic heterocycles. The molecule has 1 aliphatic rings. The van der Waals surface area contributed by atoms with Crippen LogP contribution in [0.25, 0.3) is 0 Å². The lowest BCUT2D eigenvalue weighted by Crippen LogP contribution is -2.55. The van der Waals surface area contributed by atoms with Gasteiger partial charge in [0.1, 0.15) is 11.2 Å². The normalized spacial score (nSPS) is 24.9. The van der Waals surface area contributed by atoms with E-state index in [4.69, 9.17) is 9.47 Å². The SMILES string of the molecule is CC(C)(C)OC(=O)N[C@H]1[C@@H](NC(=O)OC(C)(C)C)CS[C@H]1CO. The average molecular weight is 348 g/mol. The smallest absolute Gasteiger partial charge is 0.407 e. The number of alkyl carbamates (subject to hydrolysis) is 2. The van der Waals surface area contributed by atoms with Gasteiger partial charge < -0.3 is 25.2 Å². The summed E-state index contributed by atoms with van der Waals surface area (Å²) in [6, 6.07) is -0.758. The van der Waals surface area contributed by atoms with Crippen molar-refractivity contribution < 1.29 is 24.2 Å². The molecule has 0 unspecified atom stereocenters. The van der Waals surface area contributed by atoms with Crippen LogP contribution in [0.1, 0.15) is 41.5 Å². The van der Waals surface area contributed by atoms with Crippen molar-refractivity contribution in [2.75, 3.05) is 12.4 Å². The first kappa shape index (κ1) is 19.9. The van der Waals surface area contributed by atoms with Crippen LogP contribution in [0.2, 0.25) is 0 Å². The van der Waals surface area contributed by atoms with Gasteiger partial charge in [-0.15, -0.1) is 0 Å². The van der Waals surface area contributed by atoms with Crippen molar-refractivity contribution >= 4 is 23.9 Å². The molecule has 0 radical (unpaired) electrons. The van der Waals surface area contributed by atoms with E-state index in [-0.39, 0.29) is 17.9 Å². The van der Waals surface area contributed by atoms with E-state index in [1.807, 2.05) is 0 Å². The Morgan fingerprint density at radius 2 is 1.52 bits per heavy atom. The highest BCUT2D eigenvalue weighted by atomic mass is 32.2. The molecule has 3 atom stereocenters. The number of ether oxygens (including phenoxy) is 2. The number of rotatable bonds is 3. The van der Waals surface area contributed by atoms with Gasteiger partial charge in [0.2, 0.25) is 0 Å². The zero-order valence-electron chi connectivity index (χ0n) is 14.6. The van der Waals surface area contributed by atoms with Crippen LogP contribution in [-0.4, -0.2) is 58.2 Å². The highest BCUT2D eigenvalue weighted by molar-refractivity contribution is 8.00. The van der Waals surface area contributed by atoms with Crippen LogP contribution in [0, 0.1) is 0 Å². The first-order valence-corrected chi connectivity index (χ1v) is 8.67. The zero-order chi connectivity index (χ0) is 17.8. The van der Waals surface area contributed by atoms with E-state index >= 15 is 0 Å². The van der Waals surface area contributed by atoms with E-state index < -0.39 is 29.4 Å². The molecule has 0 aromatic carbocycles. The summed E-state index contributed by atoms with van der Waals surface area (Å²) >= 11 is 1.49. The standard InChI is InChI=1S/C15H28N2O5S/c1-14(2,3)21-12(19)16-9-8-23-10(7-18)11(9)17-13(20)22-15(4,5)6/h9-11,18H,7-8H2,1-6H3,(H,16,19)(H,17,20)/t9-,10-,11-/m0/s1. The van der Waals surface area contributed by atoms with Crippen LogP contribution >= 0.6 is 11.8 Å². The molecule has 0 saturated carbocycles. The van der Waals surface area contributed by atoms with Crippen molar-refractivity contribution in [1.29, 1.82) is 0 Å². The number of nitrogens with one attached hydrogen (secondary N) is 2. The van der Waals surface area contributed by atoms with Crippen molar-refractivity contribution in [3.8, 4) is 0 Å². The summed E-state index contributed by atoms with van der Waals surface area (Å²) < 4.78 is 10.5. The van der Waals surface area contributed by atoms with Gasteiger partial charge in [0.25, 0.3) is 0 Å². The highest BCUT2D eigenvalue weighted by Crippen LogP contribution is 2.27. The van der Waals surface area contributed by atoms with Crippen molar-refractivity contribution in [3.63, 3.8) is 0 Å². The summed E-state index contributed by atoms with van der Waals surface area (Å²) in [5.41, 5.74) is -1.21. The predicted octanol–water partition coefficient (Wildman–Crippen LogP) is 1.88. The molecular formula is C15H28N2O5S. The van der Waals surface area contributed by atoms with Crippen molar-refractivity contribution in [2.45, 2.75) is 70.1 Å². The largest absolute Gasteiger partial charge is 0.444 e. The monoisotopic (exact) mass is 348 g/mol. The Balaban J connectivity index is 2.67. The Hall–Kier alpha value is -1.15. The summed E-state index contributed by atoms with van der Waals surface area (Å²) in [7, 11) is 0. The van der Waals surface area contributed by atoms with Gasteiger partial charge in [-0.05, 0) is 41.5 Å². The number of thioether (sulfide) groups is 1. The second-order valence-electron chi connectivity index (χ2n) is 7.48. The maximum atomic E-state index is 12.0. The van der Waals surface area contributed by atoms with Gasteiger partial charge in [-0.1, -0.05) is 0 Å². The quantitative estimate of drug-likeness (QED) is 0.720. The third-order valence-corrected chi connectivity index (χ3v) is 4.31. The third-order valence-electron chi connectivity index (χ3n) is 2.89. The number of amides is 2. The lowest BCUT2D eigenvalue weighted by atomic mass is 10.1. The van der Waals surface area contributed by atoms with E-state index in [1.165, 1.54) is 11.8 Å². The van der Waals surface area contributed by atoms with E-state index in [9.17, 15) is 14.7 Å². The number of aliphatic hydroxyl groups is 1. The molecule has 0 aromatic rings. The minimum Gasteiger partial charge on any atom is -0.444 e. The fraction of sp³-hybridized carbons (Fsp3) is 0.867. The molecule has 1 heterocycles. The van der Waals surface area contributed by atoms with Crippen molar-refractivity contribution in [1.82, 2.24) is 10.6 Å². The van der Waals surface area contributed by atoms with E-state index in [0.29, 0.717) is 5.75 Å². The summed E-state index contributed by atoms with van der Waals surface area (Å²) in [6.45, 7) is 10.6. The lowest BCUT2D eigenvalue weighted by molar-refractivity contribution is 0.0435. The third kappa shape index (κ3) is 7.30. The molecule has 0 spiro atoms. The summed E-state index contributed by atoms with van der Waals surface area (Å²) in [5.74, 6) is 0.574. The summed E-state index contributed by atoms with van der Waals surface area (Å²) in [4.78, 5) is 23.9. The van der Waals surface area contributed by atoms with Crippen molar-refractivity contribution in [3.05, 3.63) is 0 Å². The molecule has 2 amide bonds. The number of carbonyl (C=O) groups is 2. The summed E-state index contributed by atoms with van der Waals surface area (Å²) in [6.07, 6.45) is -1.11. The van der Waals surface area contributed by atoms with Crippen LogP contribution in [0.15, 0.2) is 0 Å². The van der Waals surface area contributed by atoms with Gasteiger partial charge in [-0.2, -0.15) is 11.8 Å². The molecule has 1 rings (SSSR count). The van der Waals surface area contributed by atoms with Crippen LogP contribution in [-0.2, 0) is 9.47 Å². The van der Waals surface area contributed by atoms with E-state index in [0.717, 1.165) is 0 Å². The van der Waals surface area contributed by atoms with Crippen molar-refractivity contribution in [2.24, 2.45) is 0 Å². The number of carbonyl (C=O) groups excluding carboxylic acids is 2. The summed E-state index contributed by atoms with van der Waals surface area (Å²) in [5, 5.41) is 14.8. The van der Waals surface area contributed by atoms with Crippen LogP contribution in [0.5, 0.6) is 0 Å². The molecule has 0 bridgehead atoms. The van der Waals surface area contributed by atoms with Crippen LogP contribution in [0.4, 0.5) is 9.59 Å². The molecule has 1 saturated heterocycles. The Labute approximate surface area is 141 Å². The molecule has 3 N–H and O–H groups in total. The number of aliphatic hydroxyl groups excluding tert-OH is 1. The molecule has 1 aliphatic heterocycles. The maximum Gasteiger partial charge on any atom is 0.407 e. The highest BCUT2D eigenvalue weighted by Gasteiger charge is 2.39. The Kier molecular flexibility index (Phi) is 6.59. The van der Waals surface area contributed by atoms with Gasteiger partial charge in [0, 0.05) is 5.75 Å². The Bertz CT molecular complexity index is 431. The molecule has 134 valence electrons. The molecule has 23 heavy (non-hydrogen) atoms. The van der Waals surface area contributed by atoms with Gasteiger partial charge in [0.05, 0.1) is 23.9 Å². The molecule has 0 aliphatic carbocycles. The lowest BCUT2D eigenvalue weighted by Gasteiger charge is -2.28. The Morgan fingerprint density at radius 3 is 1.96 bits per heavy atom. The molecule has 7 nitrogen and oxygen atoms in total. The average Bonchev–Trinajstić information content (AvgIpc) is 2.66. The fourth-order valence-corrected chi connectivity index (χ4v) is 3.40. The van der Waals surface area contributed by atoms with E-state index in [2.05, 4.69) is 10.6 Å². The molecular weight excluding hydrogens is 320 g/mol. The van der Waals surface area contributed by atoms with Crippen LogP contribution in [0.3, 0.4) is 0 Å². The zero-order valence-corrected chi connectivity index (χ0v) is 15.5. The topological polar surface area (TPSA) is 96.9 Å². The van der Waals surface area contributed by atoms with Gasteiger partial charge in [-0.3, -0.25) is 0 Å². The second-order valence-corrected chi connectivity index (χ2v) is 8.75. The molecule has 1 fully saturated rings. The predicted molar refractivity (Wildman–Crippen MR) is 89.6 cm³/mol. The van der Waals surface area contributed by atoms with Gasteiger partial charge in [-0.25, -0.2) is 9.59 Å². The van der Waals surface area contributed by atoms with Crippen LogP contribution < -0.4 is 10.6 Å². The second kappa shape index (κ2) is 7.61. The fourth-order valence-electron chi connectivity index (χ4n) is 2.09. The Morgan fingerprint density at radius 1 is 1.04 bits per heavy atom. The number of hydrogen-bond donors (Lipinski definition) is 3.